The minimum absolute atomic E-state index is 0.0515. The monoisotopic (exact) mass is 937 g/mol. The van der Waals surface area contributed by atoms with E-state index in [4.69, 9.17) is 21.1 Å². The first-order chi connectivity index (χ1) is 31.3. The largest absolute Gasteiger partial charge is 0.489 e. The molecule has 0 unspecified atom stereocenters. The van der Waals surface area contributed by atoms with Gasteiger partial charge in [-0.25, -0.2) is 4.98 Å². The van der Waals surface area contributed by atoms with Gasteiger partial charge in [0.15, 0.2) is 5.78 Å². The van der Waals surface area contributed by atoms with Crippen molar-refractivity contribution >= 4 is 46.4 Å². The molecule has 1 saturated carbocycles. The number of likely N-dealkylation sites (tertiary alicyclic amines) is 1. The van der Waals surface area contributed by atoms with Crippen molar-refractivity contribution in [2.24, 2.45) is 22.2 Å². The maximum absolute atomic E-state index is 14.1. The predicted molar refractivity (Wildman–Crippen MR) is 259 cm³/mol. The number of hydrogen-bond donors (Lipinski definition) is 4. The average Bonchev–Trinajstić information content (AvgIpc) is 3.97. The van der Waals surface area contributed by atoms with Gasteiger partial charge in [-0.2, -0.15) is 9.64 Å². The summed E-state index contributed by atoms with van der Waals surface area (Å²) in [6.07, 6.45) is 3.66. The molecule has 352 valence electrons. The van der Waals surface area contributed by atoms with Crippen molar-refractivity contribution in [3.63, 3.8) is 0 Å². The number of nitrogens with one attached hydrogen (secondary N) is 3. The van der Waals surface area contributed by atoms with Crippen LogP contribution in [0.15, 0.2) is 85.3 Å². The van der Waals surface area contributed by atoms with Gasteiger partial charge in [0.2, 0.25) is 5.91 Å². The van der Waals surface area contributed by atoms with Crippen LogP contribution in [0.5, 0.6) is 5.75 Å². The SMILES string of the molecule is C=C(NCc1ccc(-c2ncns2)cc1)[C@@H]1C[C@@H](O)CN1C(=O)[C@@H](CC(=O)COCCCCCNc1ccc(C(=O)NC2C(C)(C)C(Oc3ccc(C#N)c(Cl)c3)C2(C)C)cc1)C(C)(C)C. The van der Waals surface area contributed by atoms with Crippen molar-refractivity contribution in [2.45, 2.75) is 111 Å². The molecule has 2 aliphatic rings. The summed E-state index contributed by atoms with van der Waals surface area (Å²) >= 11 is 7.58. The number of carbonyl (C=O) groups is 3. The van der Waals surface area contributed by atoms with Crippen molar-refractivity contribution in [3.05, 3.63) is 107 Å². The Labute approximate surface area is 398 Å². The summed E-state index contributed by atoms with van der Waals surface area (Å²) in [6.45, 7) is 20.2. The number of aliphatic hydroxyl groups excluding tert-OH is 1. The summed E-state index contributed by atoms with van der Waals surface area (Å²) in [6, 6.07) is 22.0. The number of aliphatic hydroxyl groups is 1. The number of halogens is 1. The fraction of sp³-hybridized carbons (Fsp3) is 0.490. The van der Waals surface area contributed by atoms with Crippen molar-refractivity contribution in [1.29, 1.82) is 5.26 Å². The van der Waals surface area contributed by atoms with Crippen LogP contribution in [0.4, 0.5) is 5.69 Å². The maximum Gasteiger partial charge on any atom is 0.251 e. The van der Waals surface area contributed by atoms with E-state index < -0.39 is 23.5 Å². The van der Waals surface area contributed by atoms with Gasteiger partial charge in [-0.3, -0.25) is 14.4 Å². The third-order valence-corrected chi connectivity index (χ3v) is 14.0. The number of amides is 2. The van der Waals surface area contributed by atoms with Gasteiger partial charge in [0.1, 0.15) is 35.9 Å². The highest BCUT2D eigenvalue weighted by atomic mass is 35.5. The molecule has 4 N–H and O–H groups in total. The summed E-state index contributed by atoms with van der Waals surface area (Å²) in [5.74, 6) is -0.447. The molecule has 0 spiro atoms. The molecule has 1 aliphatic heterocycles. The standard InChI is InChI=1S/C51H64ClN7O6S/c1-32(55-28-33-12-14-35(15-13-33)45-56-31-57-66-45)43-25-38(60)29-59(43)46(63)41(49(2,3)4)24-39(61)30-64-23-11-9-10-22-54-37-19-16-34(17-20-37)44(62)58-47-50(5,6)48(51(47,7)8)65-40-21-18-36(27-53)42(52)26-40/h12-21,26,31,38,41,43,47-48,54-55,60H,1,9-11,22-25,28-30H2,2-8H3,(H,58,62)/t38-,41-,43+,47?,48?/m1/s1. The number of nitriles is 1. The lowest BCUT2D eigenvalue weighted by atomic mass is 9.49. The molecular weight excluding hydrogens is 874 g/mol. The Hall–Kier alpha value is -5.33. The zero-order valence-corrected chi connectivity index (χ0v) is 40.7. The molecule has 3 aromatic carbocycles. The molecule has 1 aliphatic carbocycles. The fourth-order valence-corrected chi connectivity index (χ4v) is 10.3. The Bertz CT molecular complexity index is 2340. The Morgan fingerprint density at radius 1 is 1.03 bits per heavy atom. The first-order valence-corrected chi connectivity index (χ1v) is 23.8. The molecule has 0 bridgehead atoms. The van der Waals surface area contributed by atoms with Crippen molar-refractivity contribution in [3.8, 4) is 22.4 Å². The number of unbranched alkanes of at least 4 members (excludes halogenated alkanes) is 2. The van der Waals surface area contributed by atoms with E-state index in [2.05, 4.69) is 65.7 Å². The lowest BCUT2D eigenvalue weighted by Crippen LogP contribution is -2.74. The molecule has 6 rings (SSSR count). The van der Waals surface area contributed by atoms with Crippen LogP contribution < -0.4 is 20.7 Å². The lowest BCUT2D eigenvalue weighted by Gasteiger charge is -2.63. The average molecular weight is 939 g/mol. The Balaban J connectivity index is 0.875. The van der Waals surface area contributed by atoms with Gasteiger partial charge in [0, 0.05) is 90.5 Å². The topological polar surface area (TPSA) is 179 Å². The van der Waals surface area contributed by atoms with Crippen molar-refractivity contribution in [2.75, 3.05) is 31.6 Å². The Morgan fingerprint density at radius 2 is 1.74 bits per heavy atom. The summed E-state index contributed by atoms with van der Waals surface area (Å²) in [5, 5.41) is 31.1. The maximum atomic E-state index is 14.1. The van der Waals surface area contributed by atoms with Gasteiger partial charge in [0.25, 0.3) is 5.91 Å². The smallest absolute Gasteiger partial charge is 0.251 e. The van der Waals surface area contributed by atoms with Crippen molar-refractivity contribution < 1.29 is 29.0 Å². The number of benzene rings is 3. The van der Waals surface area contributed by atoms with Crippen LogP contribution in [0.25, 0.3) is 10.6 Å². The van der Waals surface area contributed by atoms with Crippen LogP contribution in [-0.2, 0) is 20.9 Å². The normalized spacial score (nSPS) is 20.1. The highest BCUT2D eigenvalue weighted by Gasteiger charge is 2.64. The molecule has 0 radical (unpaired) electrons. The molecule has 4 aromatic rings. The van der Waals surface area contributed by atoms with E-state index in [1.54, 1.807) is 23.1 Å². The van der Waals surface area contributed by atoms with Crippen LogP contribution in [-0.4, -0.2) is 87.6 Å². The zero-order chi connectivity index (χ0) is 47.8. The number of β-amino-alcohol motifs (C(OH)–C–C–N with tert-alkyl or cyclic N) is 1. The van der Waals surface area contributed by atoms with E-state index in [0.29, 0.717) is 47.2 Å². The molecule has 2 heterocycles. The highest BCUT2D eigenvalue weighted by Crippen LogP contribution is 2.55. The van der Waals surface area contributed by atoms with Gasteiger partial charge < -0.3 is 35.4 Å². The second kappa shape index (κ2) is 21.5. The highest BCUT2D eigenvalue weighted by molar-refractivity contribution is 7.09. The summed E-state index contributed by atoms with van der Waals surface area (Å²) < 4.78 is 16.2. The summed E-state index contributed by atoms with van der Waals surface area (Å²) in [5.41, 5.74) is 3.33. The molecule has 3 atom stereocenters. The van der Waals surface area contributed by atoms with Crippen LogP contribution in [0.3, 0.4) is 0 Å². The van der Waals surface area contributed by atoms with Crippen LogP contribution in [0.1, 0.15) is 102 Å². The van der Waals surface area contributed by atoms with E-state index in [9.17, 15) is 24.8 Å². The van der Waals surface area contributed by atoms with Crippen molar-refractivity contribution in [1.82, 2.24) is 24.9 Å². The first kappa shape index (κ1) is 50.1. The van der Waals surface area contributed by atoms with Gasteiger partial charge in [-0.15, -0.1) is 0 Å². The number of aromatic nitrogens is 2. The second-order valence-corrected chi connectivity index (χ2v) is 21.0. The minimum atomic E-state index is -0.684. The number of nitrogens with zero attached hydrogens (tertiary/aromatic N) is 4. The quantitative estimate of drug-likeness (QED) is 0.0587. The summed E-state index contributed by atoms with van der Waals surface area (Å²) in [4.78, 5) is 46.6. The third-order valence-electron chi connectivity index (χ3n) is 13.0. The van der Waals surface area contributed by atoms with Gasteiger partial charge in [-0.05, 0) is 78.2 Å². The van der Waals surface area contributed by atoms with Gasteiger partial charge in [0.05, 0.1) is 22.7 Å². The van der Waals surface area contributed by atoms with E-state index in [-0.39, 0.29) is 60.1 Å². The minimum Gasteiger partial charge on any atom is -0.489 e. The lowest BCUT2D eigenvalue weighted by molar-refractivity contribution is -0.164. The Morgan fingerprint density at radius 3 is 2.38 bits per heavy atom. The third kappa shape index (κ3) is 12.2. The first-order valence-electron chi connectivity index (χ1n) is 22.7. The molecule has 2 amide bonds. The second-order valence-electron chi connectivity index (χ2n) is 19.8. The molecule has 66 heavy (non-hydrogen) atoms. The van der Waals surface area contributed by atoms with E-state index in [0.717, 1.165) is 47.6 Å². The number of anilines is 1. The number of ether oxygens (including phenoxy) is 2. The molecular formula is C51H64ClN7O6S. The summed E-state index contributed by atoms with van der Waals surface area (Å²) in [7, 11) is 0. The zero-order valence-electron chi connectivity index (χ0n) is 39.2. The number of hydrogen-bond acceptors (Lipinski definition) is 12. The number of carbonyl (C=O) groups excluding carboxylic acids is 3. The molecule has 1 saturated heterocycles. The molecule has 2 fully saturated rings. The predicted octanol–water partition coefficient (Wildman–Crippen LogP) is 8.83. The fourth-order valence-electron chi connectivity index (χ4n) is 9.51. The molecule has 15 heteroatoms. The number of Topliss-reactive ketones (excluding diaryl/α,β-unsaturated/α-hetero) is 1. The van der Waals surface area contributed by atoms with Crippen LogP contribution in [0, 0.1) is 33.5 Å². The van der Waals surface area contributed by atoms with Crippen LogP contribution >= 0.6 is 23.1 Å². The molecule has 1 aromatic heterocycles. The number of ketones is 1. The Kier molecular flexibility index (Phi) is 16.3. The van der Waals surface area contributed by atoms with Crippen LogP contribution in [0.2, 0.25) is 5.02 Å². The van der Waals surface area contributed by atoms with Gasteiger partial charge in [-0.1, -0.05) is 90.9 Å². The van der Waals surface area contributed by atoms with E-state index >= 15 is 0 Å². The van der Waals surface area contributed by atoms with E-state index in [1.807, 2.05) is 69.3 Å². The van der Waals surface area contributed by atoms with Gasteiger partial charge >= 0.3 is 0 Å². The number of rotatable bonds is 21. The molecule has 13 nitrogen and oxygen atoms in total. The van der Waals surface area contributed by atoms with E-state index in [1.165, 1.54) is 17.9 Å².